The van der Waals surface area contributed by atoms with Gasteiger partial charge in [0.15, 0.2) is 23.6 Å². The van der Waals surface area contributed by atoms with E-state index in [1.165, 1.54) is 0 Å². The minimum atomic E-state index is -0.276. The number of aromatic nitrogens is 2. The van der Waals surface area contributed by atoms with Gasteiger partial charge in [0, 0.05) is 18.6 Å². The minimum absolute atomic E-state index is 0.276. The SMILES string of the molecule is Cc1ccccc1C1N=C(N)Nc2nc3cc4c(cc3n21)OCCCO4. The number of rotatable bonds is 1. The van der Waals surface area contributed by atoms with Gasteiger partial charge in [0.25, 0.3) is 0 Å². The van der Waals surface area contributed by atoms with Crippen molar-refractivity contribution >= 4 is 22.9 Å². The Labute approximate surface area is 150 Å². The van der Waals surface area contributed by atoms with E-state index in [0.717, 1.165) is 40.1 Å². The number of aryl methyl sites for hydroxylation is 1. The van der Waals surface area contributed by atoms with Crippen molar-refractivity contribution in [2.24, 2.45) is 10.7 Å². The second-order valence-corrected chi connectivity index (χ2v) is 6.51. The van der Waals surface area contributed by atoms with Crippen LogP contribution in [0.25, 0.3) is 11.0 Å². The van der Waals surface area contributed by atoms with Gasteiger partial charge < -0.3 is 15.2 Å². The molecular weight excluding hydrogens is 330 g/mol. The topological polar surface area (TPSA) is 86.7 Å². The Balaban J connectivity index is 1.74. The normalized spacial score (nSPS) is 18.7. The zero-order chi connectivity index (χ0) is 17.7. The fourth-order valence-electron chi connectivity index (χ4n) is 3.51. The van der Waals surface area contributed by atoms with E-state index in [2.05, 4.69) is 33.9 Å². The molecule has 0 saturated carbocycles. The lowest BCUT2D eigenvalue weighted by molar-refractivity contribution is 0.297. The molecule has 26 heavy (non-hydrogen) atoms. The molecule has 7 heteroatoms. The zero-order valence-corrected chi connectivity index (χ0v) is 14.4. The Morgan fingerprint density at radius 2 is 1.92 bits per heavy atom. The Morgan fingerprint density at radius 3 is 2.73 bits per heavy atom. The summed E-state index contributed by atoms with van der Waals surface area (Å²) in [5.41, 5.74) is 10.0. The predicted octanol–water partition coefficient (Wildman–Crippen LogP) is 2.79. The summed E-state index contributed by atoms with van der Waals surface area (Å²) in [5.74, 6) is 2.49. The summed E-state index contributed by atoms with van der Waals surface area (Å²) in [5, 5.41) is 3.07. The first-order valence-electron chi connectivity index (χ1n) is 8.68. The maximum absolute atomic E-state index is 6.03. The third kappa shape index (κ3) is 2.28. The van der Waals surface area contributed by atoms with Crippen LogP contribution in [0.4, 0.5) is 5.95 Å². The van der Waals surface area contributed by atoms with E-state index >= 15 is 0 Å². The summed E-state index contributed by atoms with van der Waals surface area (Å²) >= 11 is 0. The number of imidazole rings is 1. The number of fused-ring (bicyclic) bond motifs is 4. The van der Waals surface area contributed by atoms with E-state index in [-0.39, 0.29) is 6.17 Å². The molecule has 2 aliphatic rings. The molecule has 0 fully saturated rings. The van der Waals surface area contributed by atoms with Crippen LogP contribution >= 0.6 is 0 Å². The molecular formula is C19H19N5O2. The highest BCUT2D eigenvalue weighted by molar-refractivity contribution is 5.95. The van der Waals surface area contributed by atoms with Crippen LogP contribution in [0, 0.1) is 6.92 Å². The van der Waals surface area contributed by atoms with Crippen molar-refractivity contribution in [2.75, 3.05) is 18.5 Å². The molecule has 3 N–H and O–H groups in total. The number of hydrogen-bond acceptors (Lipinski definition) is 6. The van der Waals surface area contributed by atoms with Crippen molar-refractivity contribution in [3.05, 3.63) is 47.5 Å². The van der Waals surface area contributed by atoms with Crippen molar-refractivity contribution < 1.29 is 9.47 Å². The fourth-order valence-corrected chi connectivity index (χ4v) is 3.51. The first-order valence-corrected chi connectivity index (χ1v) is 8.68. The van der Waals surface area contributed by atoms with E-state index < -0.39 is 0 Å². The number of ether oxygens (including phenoxy) is 2. The molecule has 5 rings (SSSR count). The lowest BCUT2D eigenvalue weighted by Gasteiger charge is -2.25. The van der Waals surface area contributed by atoms with Crippen LogP contribution in [0.2, 0.25) is 0 Å². The van der Waals surface area contributed by atoms with Crippen LogP contribution in [-0.2, 0) is 0 Å². The van der Waals surface area contributed by atoms with Crippen molar-refractivity contribution in [3.8, 4) is 11.5 Å². The summed E-state index contributed by atoms with van der Waals surface area (Å²) in [6.07, 6.45) is 0.591. The van der Waals surface area contributed by atoms with Gasteiger partial charge in [-0.1, -0.05) is 24.3 Å². The average Bonchev–Trinajstić information content (AvgIpc) is 2.81. The van der Waals surface area contributed by atoms with Crippen molar-refractivity contribution in [3.63, 3.8) is 0 Å². The Morgan fingerprint density at radius 1 is 1.15 bits per heavy atom. The van der Waals surface area contributed by atoms with Crippen LogP contribution in [0.1, 0.15) is 23.7 Å². The quantitative estimate of drug-likeness (QED) is 0.705. The second kappa shape index (κ2) is 5.66. The molecule has 1 unspecified atom stereocenters. The van der Waals surface area contributed by atoms with Gasteiger partial charge in [0.05, 0.1) is 24.2 Å². The van der Waals surface area contributed by atoms with Gasteiger partial charge in [-0.3, -0.25) is 9.88 Å². The lowest BCUT2D eigenvalue weighted by atomic mass is 10.1. The number of nitrogens with two attached hydrogens (primary N) is 1. The van der Waals surface area contributed by atoms with Gasteiger partial charge in [0.2, 0.25) is 5.95 Å². The summed E-state index contributed by atoms with van der Waals surface area (Å²) in [6, 6.07) is 12.1. The summed E-state index contributed by atoms with van der Waals surface area (Å²) < 4.78 is 13.7. The van der Waals surface area contributed by atoms with Crippen LogP contribution < -0.4 is 20.5 Å². The van der Waals surface area contributed by atoms with Gasteiger partial charge >= 0.3 is 0 Å². The van der Waals surface area contributed by atoms with Crippen LogP contribution in [-0.4, -0.2) is 28.7 Å². The van der Waals surface area contributed by atoms with Gasteiger partial charge in [-0.05, 0) is 18.1 Å². The van der Waals surface area contributed by atoms with Crippen LogP contribution in [0.3, 0.4) is 0 Å². The van der Waals surface area contributed by atoms with Gasteiger partial charge in [-0.25, -0.2) is 9.98 Å². The standard InChI is InChI=1S/C19H19N5O2/c1-11-5-2-3-6-12(11)17-22-18(20)23-19-21-13-9-15-16(10-14(13)24(17)19)26-8-4-7-25-15/h2-3,5-6,9-10,17H,4,7-8H2,1H3,(H3,20,21,22,23). The highest BCUT2D eigenvalue weighted by Gasteiger charge is 2.27. The number of nitrogens with one attached hydrogen (secondary N) is 1. The third-order valence-electron chi connectivity index (χ3n) is 4.77. The highest BCUT2D eigenvalue weighted by atomic mass is 16.5. The van der Waals surface area contributed by atoms with Crippen molar-refractivity contribution in [1.29, 1.82) is 0 Å². The maximum atomic E-state index is 6.03. The molecule has 0 aliphatic carbocycles. The van der Waals surface area contributed by atoms with Crippen molar-refractivity contribution in [2.45, 2.75) is 19.5 Å². The molecule has 2 aromatic carbocycles. The molecule has 7 nitrogen and oxygen atoms in total. The number of aliphatic imine (C=N–C) groups is 1. The Bertz CT molecular complexity index is 1040. The van der Waals surface area contributed by atoms with E-state index in [1.807, 2.05) is 24.3 Å². The molecule has 0 bridgehead atoms. The molecule has 0 saturated heterocycles. The first kappa shape index (κ1) is 15.1. The number of anilines is 1. The maximum Gasteiger partial charge on any atom is 0.212 e. The molecule has 0 spiro atoms. The monoisotopic (exact) mass is 349 g/mol. The second-order valence-electron chi connectivity index (χ2n) is 6.51. The highest BCUT2D eigenvalue weighted by Crippen LogP contribution is 2.39. The first-order chi connectivity index (χ1) is 12.7. The van der Waals surface area contributed by atoms with Crippen LogP contribution in [0.5, 0.6) is 11.5 Å². The molecule has 3 aromatic rings. The predicted molar refractivity (Wildman–Crippen MR) is 99.9 cm³/mol. The average molecular weight is 349 g/mol. The van der Waals surface area contributed by atoms with Crippen LogP contribution in [0.15, 0.2) is 41.4 Å². The zero-order valence-electron chi connectivity index (χ0n) is 14.4. The molecule has 1 aromatic heterocycles. The number of benzene rings is 2. The molecule has 0 amide bonds. The Hall–Kier alpha value is -3.22. The number of hydrogen-bond donors (Lipinski definition) is 2. The van der Waals surface area contributed by atoms with E-state index in [9.17, 15) is 0 Å². The number of guanidine groups is 1. The minimum Gasteiger partial charge on any atom is -0.489 e. The number of nitrogens with zero attached hydrogens (tertiary/aromatic N) is 3. The molecule has 3 heterocycles. The third-order valence-corrected chi connectivity index (χ3v) is 4.77. The van der Waals surface area contributed by atoms with Gasteiger partial charge in [0.1, 0.15) is 0 Å². The molecule has 132 valence electrons. The van der Waals surface area contributed by atoms with E-state index in [4.69, 9.17) is 20.2 Å². The van der Waals surface area contributed by atoms with E-state index in [0.29, 0.717) is 25.1 Å². The molecule has 1 atom stereocenters. The van der Waals surface area contributed by atoms with Crippen molar-refractivity contribution in [1.82, 2.24) is 9.55 Å². The summed E-state index contributed by atoms with van der Waals surface area (Å²) in [7, 11) is 0. The van der Waals surface area contributed by atoms with E-state index in [1.54, 1.807) is 0 Å². The van der Waals surface area contributed by atoms with Gasteiger partial charge in [-0.15, -0.1) is 0 Å². The summed E-state index contributed by atoms with van der Waals surface area (Å²) in [4.78, 5) is 9.35. The fraction of sp³-hybridized carbons (Fsp3) is 0.263. The lowest BCUT2D eigenvalue weighted by Crippen LogP contribution is -2.31. The molecule has 0 radical (unpaired) electrons. The van der Waals surface area contributed by atoms with Gasteiger partial charge in [-0.2, -0.15) is 0 Å². The molecule has 2 aliphatic heterocycles. The smallest absolute Gasteiger partial charge is 0.212 e. The Kier molecular flexibility index (Phi) is 3.28. The largest absolute Gasteiger partial charge is 0.489 e. The summed E-state index contributed by atoms with van der Waals surface area (Å²) in [6.45, 7) is 3.36.